The van der Waals surface area contributed by atoms with Gasteiger partial charge in [0.05, 0.1) is 13.2 Å². The van der Waals surface area contributed by atoms with Crippen molar-refractivity contribution in [3.8, 4) is 0 Å². The lowest BCUT2D eigenvalue weighted by atomic mass is 10.5. The highest BCUT2D eigenvalue weighted by atomic mass is 16.3. The zero-order chi connectivity index (χ0) is 8.53. The standard InChI is InChI=1S/C7H14N2O2/c1-2-3-8-6-7(11)9-4-5-10/h2,8,10H,1,3-6H2,(H,9,11). The third kappa shape index (κ3) is 7.02. The number of nitrogens with one attached hydrogen (secondary N) is 2. The van der Waals surface area contributed by atoms with E-state index < -0.39 is 0 Å². The molecule has 0 spiro atoms. The van der Waals surface area contributed by atoms with E-state index >= 15 is 0 Å². The van der Waals surface area contributed by atoms with Crippen LogP contribution in [-0.4, -0.2) is 37.3 Å². The smallest absolute Gasteiger partial charge is 0.234 e. The molecule has 4 heteroatoms. The molecule has 4 nitrogen and oxygen atoms in total. The molecule has 0 aromatic rings. The molecular formula is C7H14N2O2. The maximum Gasteiger partial charge on any atom is 0.234 e. The summed E-state index contributed by atoms with van der Waals surface area (Å²) in [5, 5.41) is 13.7. The van der Waals surface area contributed by atoms with Crippen molar-refractivity contribution in [2.24, 2.45) is 0 Å². The fraction of sp³-hybridized carbons (Fsp3) is 0.571. The molecule has 0 rings (SSSR count). The molecule has 0 aliphatic carbocycles. The minimum Gasteiger partial charge on any atom is -0.395 e. The lowest BCUT2D eigenvalue weighted by molar-refractivity contribution is -0.120. The Morgan fingerprint density at radius 2 is 2.36 bits per heavy atom. The number of hydrogen-bond donors (Lipinski definition) is 3. The van der Waals surface area contributed by atoms with Gasteiger partial charge in [0.15, 0.2) is 0 Å². The Morgan fingerprint density at radius 3 is 2.91 bits per heavy atom. The molecule has 0 aromatic heterocycles. The highest BCUT2D eigenvalue weighted by Crippen LogP contribution is 1.64. The van der Waals surface area contributed by atoms with E-state index in [0.29, 0.717) is 13.1 Å². The fourth-order valence-corrected chi connectivity index (χ4v) is 0.546. The topological polar surface area (TPSA) is 61.4 Å². The van der Waals surface area contributed by atoms with Gasteiger partial charge in [0.2, 0.25) is 5.91 Å². The van der Waals surface area contributed by atoms with Gasteiger partial charge in [0, 0.05) is 13.1 Å². The van der Waals surface area contributed by atoms with Crippen LogP contribution >= 0.6 is 0 Å². The molecule has 0 aliphatic heterocycles. The first-order valence-electron chi connectivity index (χ1n) is 3.50. The van der Waals surface area contributed by atoms with E-state index in [2.05, 4.69) is 17.2 Å². The molecule has 64 valence electrons. The fourth-order valence-electron chi connectivity index (χ4n) is 0.546. The van der Waals surface area contributed by atoms with Gasteiger partial charge in [-0.25, -0.2) is 0 Å². The molecule has 0 bridgehead atoms. The average molecular weight is 158 g/mol. The van der Waals surface area contributed by atoms with Crippen LogP contribution < -0.4 is 10.6 Å². The van der Waals surface area contributed by atoms with Crippen molar-refractivity contribution in [1.82, 2.24) is 10.6 Å². The Bertz CT molecular complexity index is 126. The number of rotatable bonds is 6. The first kappa shape index (κ1) is 10.1. The van der Waals surface area contributed by atoms with Crippen molar-refractivity contribution in [2.75, 3.05) is 26.2 Å². The van der Waals surface area contributed by atoms with E-state index in [-0.39, 0.29) is 19.1 Å². The van der Waals surface area contributed by atoms with Crippen LogP contribution in [0.3, 0.4) is 0 Å². The maximum atomic E-state index is 10.8. The van der Waals surface area contributed by atoms with Gasteiger partial charge < -0.3 is 15.7 Å². The van der Waals surface area contributed by atoms with Crippen LogP contribution in [0.15, 0.2) is 12.7 Å². The van der Waals surface area contributed by atoms with Crippen LogP contribution in [0.25, 0.3) is 0 Å². The Hall–Kier alpha value is -0.870. The van der Waals surface area contributed by atoms with E-state index in [1.807, 2.05) is 0 Å². The second-order valence-corrected chi connectivity index (χ2v) is 1.99. The van der Waals surface area contributed by atoms with Crippen molar-refractivity contribution in [1.29, 1.82) is 0 Å². The molecule has 0 saturated heterocycles. The van der Waals surface area contributed by atoms with E-state index in [9.17, 15) is 4.79 Å². The number of aliphatic hydroxyl groups is 1. The number of hydrogen-bond acceptors (Lipinski definition) is 3. The molecular weight excluding hydrogens is 144 g/mol. The lowest BCUT2D eigenvalue weighted by Gasteiger charge is -2.02. The van der Waals surface area contributed by atoms with Crippen molar-refractivity contribution < 1.29 is 9.90 Å². The quantitative estimate of drug-likeness (QED) is 0.338. The molecule has 0 aromatic carbocycles. The summed E-state index contributed by atoms with van der Waals surface area (Å²) in [6.07, 6.45) is 1.68. The minimum atomic E-state index is -0.110. The number of aliphatic hydroxyl groups excluding tert-OH is 1. The molecule has 0 unspecified atom stereocenters. The van der Waals surface area contributed by atoms with Gasteiger partial charge >= 0.3 is 0 Å². The zero-order valence-electron chi connectivity index (χ0n) is 6.47. The highest BCUT2D eigenvalue weighted by molar-refractivity contribution is 5.77. The molecule has 0 aliphatic rings. The van der Waals surface area contributed by atoms with Crippen LogP contribution in [0.5, 0.6) is 0 Å². The summed E-state index contributed by atoms with van der Waals surface area (Å²) >= 11 is 0. The van der Waals surface area contributed by atoms with Crippen LogP contribution in [-0.2, 0) is 4.79 Å². The Morgan fingerprint density at radius 1 is 1.64 bits per heavy atom. The normalized spacial score (nSPS) is 9.18. The monoisotopic (exact) mass is 158 g/mol. The maximum absolute atomic E-state index is 10.8. The second kappa shape index (κ2) is 7.24. The summed E-state index contributed by atoms with van der Waals surface area (Å²) in [6, 6.07) is 0. The summed E-state index contributed by atoms with van der Waals surface area (Å²) in [5.74, 6) is -0.110. The van der Waals surface area contributed by atoms with E-state index in [1.165, 1.54) is 0 Å². The van der Waals surface area contributed by atoms with Crippen molar-refractivity contribution in [3.05, 3.63) is 12.7 Å². The van der Waals surface area contributed by atoms with Crippen molar-refractivity contribution in [3.63, 3.8) is 0 Å². The predicted octanol–water partition coefficient (Wildman–Crippen LogP) is -1.13. The first-order chi connectivity index (χ1) is 5.31. The summed E-state index contributed by atoms with van der Waals surface area (Å²) in [4.78, 5) is 10.8. The minimum absolute atomic E-state index is 0.0206. The summed E-state index contributed by atoms with van der Waals surface area (Å²) in [7, 11) is 0. The van der Waals surface area contributed by atoms with Gasteiger partial charge in [-0.15, -0.1) is 6.58 Å². The molecule has 0 saturated carbocycles. The molecule has 0 heterocycles. The Labute approximate surface area is 66.3 Å². The lowest BCUT2D eigenvalue weighted by Crippen LogP contribution is -2.35. The molecule has 0 atom stereocenters. The predicted molar refractivity (Wildman–Crippen MR) is 43.2 cm³/mol. The largest absolute Gasteiger partial charge is 0.395 e. The van der Waals surface area contributed by atoms with Crippen molar-refractivity contribution in [2.45, 2.75) is 0 Å². The summed E-state index contributed by atoms with van der Waals surface area (Å²) in [6.45, 7) is 4.67. The number of amides is 1. The van der Waals surface area contributed by atoms with E-state index in [4.69, 9.17) is 5.11 Å². The molecule has 0 radical (unpaired) electrons. The average Bonchev–Trinajstić information content (AvgIpc) is 2.01. The van der Waals surface area contributed by atoms with Crippen LogP contribution in [0.1, 0.15) is 0 Å². The van der Waals surface area contributed by atoms with Gasteiger partial charge in [0.1, 0.15) is 0 Å². The van der Waals surface area contributed by atoms with Gasteiger partial charge in [0.25, 0.3) is 0 Å². The molecule has 0 fully saturated rings. The summed E-state index contributed by atoms with van der Waals surface area (Å²) in [5.41, 5.74) is 0. The molecule has 1 amide bonds. The van der Waals surface area contributed by atoms with Crippen molar-refractivity contribution >= 4 is 5.91 Å². The zero-order valence-corrected chi connectivity index (χ0v) is 6.47. The molecule has 3 N–H and O–H groups in total. The van der Waals surface area contributed by atoms with Gasteiger partial charge in [-0.1, -0.05) is 6.08 Å². The van der Waals surface area contributed by atoms with Crippen LogP contribution in [0.4, 0.5) is 0 Å². The number of carbonyl (C=O) groups is 1. The van der Waals surface area contributed by atoms with Crippen LogP contribution in [0.2, 0.25) is 0 Å². The van der Waals surface area contributed by atoms with E-state index in [0.717, 1.165) is 0 Å². The van der Waals surface area contributed by atoms with Crippen LogP contribution in [0, 0.1) is 0 Å². The SMILES string of the molecule is C=CCNCC(=O)NCCO. The molecule has 11 heavy (non-hydrogen) atoms. The summed E-state index contributed by atoms with van der Waals surface area (Å²) < 4.78 is 0. The van der Waals surface area contributed by atoms with Gasteiger partial charge in [-0.05, 0) is 0 Å². The van der Waals surface area contributed by atoms with Gasteiger partial charge in [-0.2, -0.15) is 0 Å². The Balaban J connectivity index is 3.15. The Kier molecular flexibility index (Phi) is 6.67. The number of carbonyl (C=O) groups excluding carboxylic acids is 1. The second-order valence-electron chi connectivity index (χ2n) is 1.99. The third-order valence-electron chi connectivity index (χ3n) is 1.01. The van der Waals surface area contributed by atoms with Gasteiger partial charge in [-0.3, -0.25) is 4.79 Å². The third-order valence-corrected chi connectivity index (χ3v) is 1.01. The highest BCUT2D eigenvalue weighted by Gasteiger charge is 1.96. The van der Waals surface area contributed by atoms with E-state index in [1.54, 1.807) is 6.08 Å². The first-order valence-corrected chi connectivity index (χ1v) is 3.50.